The zero-order valence-corrected chi connectivity index (χ0v) is 11.7. The number of nitrogens with zero attached hydrogens (tertiary/aromatic N) is 2. The first-order valence-electron chi connectivity index (χ1n) is 6.30. The molecular formula is C13H13F3N4O2. The van der Waals surface area contributed by atoms with Crippen LogP contribution < -0.4 is 10.6 Å². The van der Waals surface area contributed by atoms with Crippen molar-refractivity contribution in [2.75, 3.05) is 5.32 Å². The number of hydrogen-bond acceptors (Lipinski definition) is 4. The first-order valence-corrected chi connectivity index (χ1v) is 6.30. The van der Waals surface area contributed by atoms with Crippen LogP contribution in [0.4, 0.5) is 23.7 Å². The van der Waals surface area contributed by atoms with Gasteiger partial charge in [0.05, 0.1) is 5.56 Å². The van der Waals surface area contributed by atoms with Gasteiger partial charge in [-0.2, -0.15) is 13.2 Å². The summed E-state index contributed by atoms with van der Waals surface area (Å²) >= 11 is 0. The van der Waals surface area contributed by atoms with E-state index >= 15 is 0 Å². The quantitative estimate of drug-likeness (QED) is 0.911. The highest BCUT2D eigenvalue weighted by molar-refractivity contribution is 5.89. The van der Waals surface area contributed by atoms with Gasteiger partial charge in [-0.15, -0.1) is 10.2 Å². The Morgan fingerprint density at radius 1 is 1.23 bits per heavy atom. The summed E-state index contributed by atoms with van der Waals surface area (Å²) in [5.74, 6) is 0.604. The molecule has 1 unspecified atom stereocenters. The van der Waals surface area contributed by atoms with E-state index in [0.29, 0.717) is 5.89 Å². The van der Waals surface area contributed by atoms with E-state index in [1.807, 2.05) is 0 Å². The molecule has 0 saturated carbocycles. The van der Waals surface area contributed by atoms with E-state index in [9.17, 15) is 18.0 Å². The smallest absolute Gasteiger partial charge is 0.416 e. The van der Waals surface area contributed by atoms with E-state index in [2.05, 4.69) is 20.8 Å². The second-order valence-electron chi connectivity index (χ2n) is 4.55. The fourth-order valence-corrected chi connectivity index (χ4v) is 1.65. The monoisotopic (exact) mass is 314 g/mol. The summed E-state index contributed by atoms with van der Waals surface area (Å²) in [5, 5.41) is 12.4. The normalized spacial score (nSPS) is 12.8. The molecule has 1 heterocycles. The highest BCUT2D eigenvalue weighted by atomic mass is 19.4. The molecule has 0 aliphatic rings. The van der Waals surface area contributed by atoms with Crippen molar-refractivity contribution in [1.29, 1.82) is 0 Å². The minimum atomic E-state index is -4.41. The van der Waals surface area contributed by atoms with Gasteiger partial charge in [-0.05, 0) is 31.2 Å². The molecule has 1 aromatic carbocycles. The van der Waals surface area contributed by atoms with Crippen molar-refractivity contribution in [3.05, 3.63) is 41.6 Å². The lowest BCUT2D eigenvalue weighted by molar-refractivity contribution is -0.137. The summed E-state index contributed by atoms with van der Waals surface area (Å²) in [6, 6.07) is 2.99. The molecule has 1 aromatic heterocycles. The molecular weight excluding hydrogens is 301 g/mol. The number of benzene rings is 1. The maximum atomic E-state index is 12.4. The second-order valence-corrected chi connectivity index (χ2v) is 4.55. The number of aryl methyl sites for hydroxylation is 1. The van der Waals surface area contributed by atoms with Crippen LogP contribution in [0.3, 0.4) is 0 Å². The molecule has 2 rings (SSSR count). The van der Waals surface area contributed by atoms with Crippen LogP contribution in [0.25, 0.3) is 0 Å². The number of hydrogen-bond donors (Lipinski definition) is 2. The zero-order chi connectivity index (χ0) is 16.3. The lowest BCUT2D eigenvalue weighted by Gasteiger charge is -2.12. The molecule has 0 fully saturated rings. The summed E-state index contributed by atoms with van der Waals surface area (Å²) in [7, 11) is 0. The Morgan fingerprint density at radius 2 is 1.86 bits per heavy atom. The fraction of sp³-hybridized carbons (Fsp3) is 0.308. The van der Waals surface area contributed by atoms with Gasteiger partial charge in [-0.25, -0.2) is 4.79 Å². The van der Waals surface area contributed by atoms with Gasteiger partial charge in [0.2, 0.25) is 11.8 Å². The molecule has 1 atom stereocenters. The van der Waals surface area contributed by atoms with Crippen molar-refractivity contribution >= 4 is 11.7 Å². The van der Waals surface area contributed by atoms with Gasteiger partial charge in [0.25, 0.3) is 0 Å². The van der Waals surface area contributed by atoms with E-state index < -0.39 is 23.8 Å². The standard InChI is InChI=1S/C13H13F3N4O2/c1-7(11-20-19-8(2)22-11)17-12(21)18-10-5-3-9(4-6-10)13(14,15)16/h3-7H,1-2H3,(H2,17,18,21). The van der Waals surface area contributed by atoms with Gasteiger partial charge in [0.15, 0.2) is 0 Å². The summed E-state index contributed by atoms with van der Waals surface area (Å²) in [6.07, 6.45) is -4.41. The minimum absolute atomic E-state index is 0.236. The van der Waals surface area contributed by atoms with Crippen molar-refractivity contribution in [3.63, 3.8) is 0 Å². The van der Waals surface area contributed by atoms with Crippen molar-refractivity contribution in [1.82, 2.24) is 15.5 Å². The lowest BCUT2D eigenvalue weighted by atomic mass is 10.2. The zero-order valence-electron chi connectivity index (χ0n) is 11.7. The van der Waals surface area contributed by atoms with Crippen molar-refractivity contribution in [3.8, 4) is 0 Å². The van der Waals surface area contributed by atoms with Gasteiger partial charge in [0, 0.05) is 12.6 Å². The number of urea groups is 1. The number of rotatable bonds is 3. The molecule has 118 valence electrons. The Hall–Kier alpha value is -2.58. The Bertz CT molecular complexity index is 652. The Labute approximate surface area is 123 Å². The van der Waals surface area contributed by atoms with Gasteiger partial charge in [-0.1, -0.05) is 0 Å². The molecule has 0 bridgehead atoms. The summed E-state index contributed by atoms with van der Waals surface area (Å²) in [4.78, 5) is 11.8. The number of aromatic nitrogens is 2. The molecule has 0 radical (unpaired) electrons. The van der Waals surface area contributed by atoms with E-state index in [1.54, 1.807) is 13.8 Å². The predicted octanol–water partition coefficient (Wildman–Crippen LogP) is 3.28. The minimum Gasteiger partial charge on any atom is -0.423 e. The SMILES string of the molecule is Cc1nnc(C(C)NC(=O)Nc2ccc(C(F)(F)F)cc2)o1. The van der Waals surface area contributed by atoms with Gasteiger partial charge in [0.1, 0.15) is 6.04 Å². The number of nitrogens with one attached hydrogen (secondary N) is 2. The van der Waals surface area contributed by atoms with E-state index in [-0.39, 0.29) is 11.6 Å². The van der Waals surface area contributed by atoms with Gasteiger partial charge < -0.3 is 15.1 Å². The maximum absolute atomic E-state index is 12.4. The number of anilines is 1. The van der Waals surface area contributed by atoms with E-state index in [1.165, 1.54) is 12.1 Å². The highest BCUT2D eigenvalue weighted by Gasteiger charge is 2.30. The van der Waals surface area contributed by atoms with Crippen molar-refractivity contribution in [2.45, 2.75) is 26.1 Å². The number of carbonyl (C=O) groups is 1. The molecule has 2 amide bonds. The molecule has 0 aliphatic carbocycles. The van der Waals surface area contributed by atoms with Crippen LogP contribution in [0.2, 0.25) is 0 Å². The fourth-order valence-electron chi connectivity index (χ4n) is 1.65. The average Bonchev–Trinajstić information content (AvgIpc) is 2.85. The molecule has 0 spiro atoms. The molecule has 0 saturated heterocycles. The van der Waals surface area contributed by atoms with Crippen molar-refractivity contribution in [2.24, 2.45) is 0 Å². The Balaban J connectivity index is 1.94. The van der Waals surface area contributed by atoms with Gasteiger partial charge >= 0.3 is 12.2 Å². The number of alkyl halides is 3. The van der Waals surface area contributed by atoms with Crippen LogP contribution >= 0.6 is 0 Å². The Kier molecular flexibility index (Phi) is 4.34. The highest BCUT2D eigenvalue weighted by Crippen LogP contribution is 2.29. The van der Waals surface area contributed by atoms with Crippen LogP contribution in [0.15, 0.2) is 28.7 Å². The second kappa shape index (κ2) is 6.04. The summed E-state index contributed by atoms with van der Waals surface area (Å²) in [5.41, 5.74) is -0.549. The predicted molar refractivity (Wildman–Crippen MR) is 71.0 cm³/mol. The average molecular weight is 314 g/mol. The van der Waals surface area contributed by atoms with E-state index in [4.69, 9.17) is 4.42 Å². The van der Waals surface area contributed by atoms with Crippen LogP contribution in [0.1, 0.15) is 30.3 Å². The third-order valence-electron chi connectivity index (χ3n) is 2.73. The Morgan fingerprint density at radius 3 is 2.36 bits per heavy atom. The van der Waals surface area contributed by atoms with Crippen LogP contribution in [0.5, 0.6) is 0 Å². The summed E-state index contributed by atoms with van der Waals surface area (Å²) < 4.78 is 42.4. The first kappa shape index (κ1) is 15.8. The topological polar surface area (TPSA) is 80.0 Å². The van der Waals surface area contributed by atoms with Crippen LogP contribution in [-0.2, 0) is 6.18 Å². The maximum Gasteiger partial charge on any atom is 0.416 e. The number of carbonyl (C=O) groups excluding carboxylic acids is 1. The molecule has 6 nitrogen and oxygen atoms in total. The molecule has 9 heteroatoms. The molecule has 22 heavy (non-hydrogen) atoms. The molecule has 2 N–H and O–H groups in total. The third kappa shape index (κ3) is 3.96. The van der Waals surface area contributed by atoms with Crippen molar-refractivity contribution < 1.29 is 22.4 Å². The van der Waals surface area contributed by atoms with E-state index in [0.717, 1.165) is 12.1 Å². The largest absolute Gasteiger partial charge is 0.423 e. The van der Waals surface area contributed by atoms with Crippen LogP contribution in [-0.4, -0.2) is 16.2 Å². The summed E-state index contributed by atoms with van der Waals surface area (Å²) in [6.45, 7) is 3.25. The van der Waals surface area contributed by atoms with Crippen LogP contribution in [0, 0.1) is 6.92 Å². The lowest BCUT2D eigenvalue weighted by Crippen LogP contribution is -2.31. The third-order valence-corrected chi connectivity index (χ3v) is 2.73. The van der Waals surface area contributed by atoms with Gasteiger partial charge in [-0.3, -0.25) is 0 Å². The first-order chi connectivity index (χ1) is 10.3. The molecule has 2 aromatic rings. The number of amides is 2. The molecule has 0 aliphatic heterocycles. The number of halogens is 3.